The van der Waals surface area contributed by atoms with Crippen LogP contribution < -0.4 is 9.80 Å². The van der Waals surface area contributed by atoms with Crippen LogP contribution in [0, 0.1) is 5.92 Å². The van der Waals surface area contributed by atoms with Gasteiger partial charge < -0.3 is 14.5 Å². The Morgan fingerprint density at radius 1 is 1.24 bits per heavy atom. The topological polar surface area (TPSA) is 54.4 Å². The van der Waals surface area contributed by atoms with Crippen LogP contribution >= 0.6 is 11.6 Å². The number of hydrogen-bond acceptors (Lipinski definition) is 6. The predicted molar refractivity (Wildman–Crippen MR) is 85.2 cm³/mol. The van der Waals surface area contributed by atoms with Gasteiger partial charge in [-0.15, -0.1) is 0 Å². The molecule has 0 aliphatic carbocycles. The Morgan fingerprint density at radius 3 is 2.57 bits per heavy atom. The number of ether oxygens (including phenoxy) is 1. The fourth-order valence-corrected chi connectivity index (χ4v) is 2.38. The van der Waals surface area contributed by atoms with Gasteiger partial charge in [0.25, 0.3) is 0 Å². The summed E-state index contributed by atoms with van der Waals surface area (Å²) in [6.45, 7) is 11.3. The Hall–Kier alpha value is -1.14. The molecule has 0 N–H and O–H groups in total. The Kier molecular flexibility index (Phi) is 5.99. The van der Waals surface area contributed by atoms with Crippen LogP contribution in [0.2, 0.25) is 5.28 Å². The van der Waals surface area contributed by atoms with Crippen molar-refractivity contribution in [2.75, 3.05) is 49.2 Å². The highest BCUT2D eigenvalue weighted by atomic mass is 35.5. The molecular formula is C14H24ClN5O. The molecule has 6 nitrogen and oxygen atoms in total. The fourth-order valence-electron chi connectivity index (χ4n) is 2.23. The van der Waals surface area contributed by atoms with Gasteiger partial charge in [0.05, 0.1) is 13.2 Å². The van der Waals surface area contributed by atoms with Crippen molar-refractivity contribution in [3.63, 3.8) is 0 Å². The van der Waals surface area contributed by atoms with E-state index in [0.29, 0.717) is 31.0 Å². The Labute approximate surface area is 131 Å². The van der Waals surface area contributed by atoms with Crippen molar-refractivity contribution in [3.05, 3.63) is 5.28 Å². The van der Waals surface area contributed by atoms with Crippen LogP contribution in [0.25, 0.3) is 0 Å². The molecule has 1 atom stereocenters. The van der Waals surface area contributed by atoms with E-state index < -0.39 is 0 Å². The lowest BCUT2D eigenvalue weighted by molar-refractivity contribution is 0.122. The molecular weight excluding hydrogens is 290 g/mol. The molecule has 1 fully saturated rings. The van der Waals surface area contributed by atoms with Crippen LogP contribution in [-0.2, 0) is 4.74 Å². The molecule has 0 radical (unpaired) electrons. The maximum Gasteiger partial charge on any atom is 0.231 e. The summed E-state index contributed by atoms with van der Waals surface area (Å²) in [4.78, 5) is 17.4. The number of hydrogen-bond donors (Lipinski definition) is 0. The molecule has 2 heterocycles. The molecule has 0 aromatic carbocycles. The van der Waals surface area contributed by atoms with E-state index >= 15 is 0 Å². The van der Waals surface area contributed by atoms with E-state index in [9.17, 15) is 0 Å². The van der Waals surface area contributed by atoms with E-state index in [-0.39, 0.29) is 5.28 Å². The maximum absolute atomic E-state index is 6.09. The summed E-state index contributed by atoms with van der Waals surface area (Å²) in [6, 6.07) is 0. The van der Waals surface area contributed by atoms with Gasteiger partial charge in [-0.25, -0.2) is 0 Å². The van der Waals surface area contributed by atoms with E-state index in [1.165, 1.54) is 0 Å². The minimum Gasteiger partial charge on any atom is -0.378 e. The van der Waals surface area contributed by atoms with E-state index in [0.717, 1.165) is 32.6 Å². The Bertz CT molecular complexity index is 453. The average molecular weight is 314 g/mol. The first-order chi connectivity index (χ1) is 10.1. The first kappa shape index (κ1) is 16.2. The summed E-state index contributed by atoms with van der Waals surface area (Å²) in [6.07, 6.45) is 1.13. The van der Waals surface area contributed by atoms with Crippen molar-refractivity contribution in [1.82, 2.24) is 15.0 Å². The van der Waals surface area contributed by atoms with E-state index in [1.54, 1.807) is 0 Å². The first-order valence-electron chi connectivity index (χ1n) is 7.63. The Morgan fingerprint density at radius 2 is 1.95 bits per heavy atom. The second kappa shape index (κ2) is 7.75. The highest BCUT2D eigenvalue weighted by Gasteiger charge is 2.18. The normalized spacial score (nSPS) is 16.9. The van der Waals surface area contributed by atoms with Crippen molar-refractivity contribution in [2.45, 2.75) is 27.2 Å². The lowest BCUT2D eigenvalue weighted by Crippen LogP contribution is -2.38. The SMILES string of the molecule is CCC(C)CN(CC)c1nc(Cl)nc(N2CCOCC2)n1. The molecule has 1 aliphatic rings. The van der Waals surface area contributed by atoms with Crippen LogP contribution in [0.15, 0.2) is 0 Å². The van der Waals surface area contributed by atoms with Gasteiger partial charge in [-0.05, 0) is 24.4 Å². The highest BCUT2D eigenvalue weighted by Crippen LogP contribution is 2.19. The molecule has 0 spiro atoms. The summed E-state index contributed by atoms with van der Waals surface area (Å²) in [7, 11) is 0. The standard InChI is InChI=1S/C14H24ClN5O/c1-4-11(3)10-19(5-2)13-16-12(15)17-14(18-13)20-6-8-21-9-7-20/h11H,4-10H2,1-3H3. The van der Waals surface area contributed by atoms with Crippen molar-refractivity contribution < 1.29 is 4.74 Å². The van der Waals surface area contributed by atoms with Gasteiger partial charge in [0.1, 0.15) is 0 Å². The molecule has 21 heavy (non-hydrogen) atoms. The molecule has 1 aliphatic heterocycles. The molecule has 1 aromatic rings. The molecule has 0 saturated carbocycles. The minimum absolute atomic E-state index is 0.254. The van der Waals surface area contributed by atoms with Gasteiger partial charge in [0.2, 0.25) is 17.2 Å². The third-order valence-corrected chi connectivity index (χ3v) is 3.94. The second-order valence-corrected chi connectivity index (χ2v) is 5.69. The number of halogens is 1. The summed E-state index contributed by atoms with van der Waals surface area (Å²) in [5, 5.41) is 0.254. The van der Waals surface area contributed by atoms with Gasteiger partial charge >= 0.3 is 0 Å². The third kappa shape index (κ3) is 4.41. The first-order valence-corrected chi connectivity index (χ1v) is 8.01. The molecule has 7 heteroatoms. The van der Waals surface area contributed by atoms with Gasteiger partial charge in [-0.1, -0.05) is 20.3 Å². The largest absolute Gasteiger partial charge is 0.378 e. The number of aromatic nitrogens is 3. The number of rotatable bonds is 6. The zero-order valence-electron chi connectivity index (χ0n) is 13.0. The monoisotopic (exact) mass is 313 g/mol. The molecule has 2 rings (SSSR count). The molecule has 118 valence electrons. The molecule has 0 amide bonds. The fraction of sp³-hybridized carbons (Fsp3) is 0.786. The van der Waals surface area contributed by atoms with Gasteiger partial charge in [0.15, 0.2) is 0 Å². The summed E-state index contributed by atoms with van der Waals surface area (Å²) >= 11 is 6.09. The number of morpholine rings is 1. The van der Waals surface area contributed by atoms with Crippen LogP contribution in [0.5, 0.6) is 0 Å². The van der Waals surface area contributed by atoms with E-state index in [2.05, 4.69) is 45.5 Å². The van der Waals surface area contributed by atoms with Crippen molar-refractivity contribution in [2.24, 2.45) is 5.92 Å². The van der Waals surface area contributed by atoms with Crippen LogP contribution in [0.4, 0.5) is 11.9 Å². The molecule has 1 unspecified atom stereocenters. The Balaban J connectivity index is 2.19. The number of anilines is 2. The summed E-state index contributed by atoms with van der Waals surface area (Å²) < 4.78 is 5.36. The summed E-state index contributed by atoms with van der Waals surface area (Å²) in [5.74, 6) is 1.91. The quantitative estimate of drug-likeness (QED) is 0.803. The maximum atomic E-state index is 6.09. The van der Waals surface area contributed by atoms with Crippen molar-refractivity contribution in [1.29, 1.82) is 0 Å². The lowest BCUT2D eigenvalue weighted by Gasteiger charge is -2.28. The average Bonchev–Trinajstić information content (AvgIpc) is 2.52. The minimum atomic E-state index is 0.254. The number of nitrogens with zero attached hydrogens (tertiary/aromatic N) is 5. The van der Waals surface area contributed by atoms with Crippen molar-refractivity contribution >= 4 is 23.5 Å². The third-order valence-electron chi connectivity index (χ3n) is 3.77. The van der Waals surface area contributed by atoms with Crippen molar-refractivity contribution in [3.8, 4) is 0 Å². The molecule has 0 bridgehead atoms. The highest BCUT2D eigenvalue weighted by molar-refractivity contribution is 6.28. The zero-order chi connectivity index (χ0) is 15.2. The smallest absolute Gasteiger partial charge is 0.231 e. The molecule has 1 aromatic heterocycles. The lowest BCUT2D eigenvalue weighted by atomic mass is 10.1. The van der Waals surface area contributed by atoms with Gasteiger partial charge in [-0.2, -0.15) is 15.0 Å². The zero-order valence-corrected chi connectivity index (χ0v) is 13.8. The summed E-state index contributed by atoms with van der Waals surface area (Å²) in [5.41, 5.74) is 0. The van der Waals surface area contributed by atoms with Crippen LogP contribution in [0.3, 0.4) is 0 Å². The molecule has 1 saturated heterocycles. The second-order valence-electron chi connectivity index (χ2n) is 5.36. The van der Waals surface area contributed by atoms with Crippen LogP contribution in [-0.4, -0.2) is 54.3 Å². The van der Waals surface area contributed by atoms with Gasteiger partial charge in [-0.3, -0.25) is 0 Å². The predicted octanol–water partition coefficient (Wildman–Crippen LogP) is 2.23. The van der Waals surface area contributed by atoms with E-state index in [1.807, 2.05) is 0 Å². The van der Waals surface area contributed by atoms with Gasteiger partial charge in [0, 0.05) is 26.2 Å². The van der Waals surface area contributed by atoms with Crippen LogP contribution in [0.1, 0.15) is 27.2 Å². The van der Waals surface area contributed by atoms with E-state index in [4.69, 9.17) is 16.3 Å².